The molecule has 0 saturated heterocycles. The number of nitrogens with one attached hydrogen (secondary N) is 1. The molecule has 0 aliphatic heterocycles. The Labute approximate surface area is 155 Å². The number of amides is 2. The number of carbonyl (C=O) groups excluding carboxylic acids is 2. The van der Waals surface area contributed by atoms with E-state index in [4.69, 9.17) is 16.1 Å². The van der Waals surface area contributed by atoms with Gasteiger partial charge in [-0.25, -0.2) is 0 Å². The lowest BCUT2D eigenvalue weighted by atomic mass is 10.2. The summed E-state index contributed by atoms with van der Waals surface area (Å²) in [5, 5.41) is 7.04. The molecule has 1 N–H and O–H groups in total. The number of nitrogens with zero attached hydrogens (tertiary/aromatic N) is 2. The van der Waals surface area contributed by atoms with Crippen molar-refractivity contribution in [1.29, 1.82) is 0 Å². The summed E-state index contributed by atoms with van der Waals surface area (Å²) in [5.41, 5.74) is 2.38. The van der Waals surface area contributed by atoms with E-state index in [9.17, 15) is 9.59 Å². The summed E-state index contributed by atoms with van der Waals surface area (Å²) in [7, 11) is 1.60. The van der Waals surface area contributed by atoms with E-state index >= 15 is 0 Å². The monoisotopic (exact) mass is 381 g/mol. The number of halogens is 1. The van der Waals surface area contributed by atoms with Crippen molar-refractivity contribution in [3.63, 3.8) is 0 Å². The van der Waals surface area contributed by atoms with E-state index in [0.29, 0.717) is 16.5 Å². The maximum atomic E-state index is 12.2. The normalized spacial score (nSPS) is 10.6. The van der Waals surface area contributed by atoms with Crippen LogP contribution in [0.5, 0.6) is 0 Å². The first-order valence-electron chi connectivity index (χ1n) is 7.66. The third-order valence-corrected chi connectivity index (χ3v) is 4.88. The second-order valence-electron chi connectivity index (χ2n) is 5.57. The van der Waals surface area contributed by atoms with Crippen LogP contribution in [0.1, 0.15) is 17.0 Å². The van der Waals surface area contributed by atoms with Gasteiger partial charge in [-0.3, -0.25) is 9.59 Å². The minimum absolute atomic E-state index is 0.0318. The summed E-state index contributed by atoms with van der Waals surface area (Å²) in [5.74, 6) is 1.28. The number of thioether (sulfide) groups is 1. The largest absolute Gasteiger partial charge is 0.361 e. The van der Waals surface area contributed by atoms with Crippen molar-refractivity contribution in [2.24, 2.45) is 0 Å². The van der Waals surface area contributed by atoms with Crippen LogP contribution < -0.4 is 5.32 Å². The van der Waals surface area contributed by atoms with Gasteiger partial charge in [-0.1, -0.05) is 28.9 Å². The summed E-state index contributed by atoms with van der Waals surface area (Å²) >= 11 is 7.46. The first-order chi connectivity index (χ1) is 11.9. The zero-order valence-corrected chi connectivity index (χ0v) is 15.9. The van der Waals surface area contributed by atoms with Gasteiger partial charge in [0.05, 0.1) is 28.7 Å². The van der Waals surface area contributed by atoms with E-state index in [0.717, 1.165) is 17.0 Å². The number of anilines is 1. The fourth-order valence-electron chi connectivity index (χ4n) is 2.11. The van der Waals surface area contributed by atoms with Crippen LogP contribution >= 0.6 is 23.4 Å². The Morgan fingerprint density at radius 3 is 2.68 bits per heavy atom. The van der Waals surface area contributed by atoms with E-state index in [1.54, 1.807) is 31.3 Å². The van der Waals surface area contributed by atoms with Crippen LogP contribution in [0.15, 0.2) is 28.8 Å². The zero-order chi connectivity index (χ0) is 18.4. The molecular weight excluding hydrogens is 362 g/mol. The molecule has 0 unspecified atom stereocenters. The second kappa shape index (κ2) is 8.92. The van der Waals surface area contributed by atoms with Crippen molar-refractivity contribution in [3.05, 3.63) is 46.3 Å². The summed E-state index contributed by atoms with van der Waals surface area (Å²) in [4.78, 5) is 25.6. The van der Waals surface area contributed by atoms with Crippen molar-refractivity contribution >= 4 is 40.9 Å². The molecule has 1 aromatic carbocycles. The predicted octanol–water partition coefficient (Wildman–Crippen LogP) is 3.28. The maximum Gasteiger partial charge on any atom is 0.244 e. The van der Waals surface area contributed by atoms with Crippen LogP contribution in [-0.2, 0) is 15.3 Å². The molecule has 8 heteroatoms. The van der Waals surface area contributed by atoms with Crippen LogP contribution in [-0.4, -0.2) is 41.2 Å². The van der Waals surface area contributed by atoms with Gasteiger partial charge in [-0.15, -0.1) is 11.8 Å². The van der Waals surface area contributed by atoms with Gasteiger partial charge in [0.2, 0.25) is 11.8 Å². The Morgan fingerprint density at radius 1 is 1.32 bits per heavy atom. The summed E-state index contributed by atoms with van der Waals surface area (Å²) < 4.78 is 5.10. The van der Waals surface area contributed by atoms with Gasteiger partial charge in [0.25, 0.3) is 0 Å². The fraction of sp³-hybridized carbons (Fsp3) is 0.353. The van der Waals surface area contributed by atoms with Crippen LogP contribution in [0, 0.1) is 13.8 Å². The Bertz CT molecular complexity index is 744. The molecule has 2 rings (SSSR count). The van der Waals surface area contributed by atoms with Gasteiger partial charge in [0.15, 0.2) is 0 Å². The average molecular weight is 382 g/mol. The van der Waals surface area contributed by atoms with Crippen LogP contribution in [0.2, 0.25) is 5.02 Å². The van der Waals surface area contributed by atoms with E-state index in [1.807, 2.05) is 13.8 Å². The Balaban J connectivity index is 1.78. The third kappa shape index (κ3) is 5.51. The lowest BCUT2D eigenvalue weighted by molar-refractivity contribution is -0.131. The number of para-hydroxylation sites is 1. The molecular formula is C17H20ClN3O3S. The number of benzene rings is 1. The molecule has 1 aromatic heterocycles. The first-order valence-corrected chi connectivity index (χ1v) is 9.19. The minimum Gasteiger partial charge on any atom is -0.361 e. The standard InChI is InChI=1S/C17H20ClN3O3S/c1-11-13(12(2)24-20-11)9-25-10-17(23)21(3)8-16(22)19-15-7-5-4-6-14(15)18/h4-7H,8-10H2,1-3H3,(H,19,22). The van der Waals surface area contributed by atoms with Gasteiger partial charge < -0.3 is 14.7 Å². The number of hydrogen-bond acceptors (Lipinski definition) is 5. The molecule has 0 saturated carbocycles. The van der Waals surface area contributed by atoms with Crippen molar-refractivity contribution in [1.82, 2.24) is 10.1 Å². The highest BCUT2D eigenvalue weighted by Crippen LogP contribution is 2.21. The Kier molecular flexibility index (Phi) is 6.90. The van der Waals surface area contributed by atoms with Crippen molar-refractivity contribution < 1.29 is 14.1 Å². The van der Waals surface area contributed by atoms with Crippen molar-refractivity contribution in [2.45, 2.75) is 19.6 Å². The molecule has 0 radical (unpaired) electrons. The SMILES string of the molecule is Cc1noc(C)c1CSCC(=O)N(C)CC(=O)Nc1ccccc1Cl. The lowest BCUT2D eigenvalue weighted by Crippen LogP contribution is -2.36. The number of aryl methyl sites for hydroxylation is 2. The van der Waals surface area contributed by atoms with Crippen molar-refractivity contribution in [2.75, 3.05) is 24.7 Å². The molecule has 2 aromatic rings. The molecule has 25 heavy (non-hydrogen) atoms. The molecule has 0 aliphatic rings. The number of carbonyl (C=O) groups is 2. The van der Waals surface area contributed by atoms with Gasteiger partial charge in [0, 0.05) is 18.4 Å². The van der Waals surface area contributed by atoms with Gasteiger partial charge in [-0.05, 0) is 26.0 Å². The topological polar surface area (TPSA) is 75.4 Å². The van der Waals surface area contributed by atoms with E-state index in [1.165, 1.54) is 16.7 Å². The summed E-state index contributed by atoms with van der Waals surface area (Å²) in [6.07, 6.45) is 0. The summed E-state index contributed by atoms with van der Waals surface area (Å²) in [6, 6.07) is 6.96. The van der Waals surface area contributed by atoms with Crippen LogP contribution in [0.3, 0.4) is 0 Å². The van der Waals surface area contributed by atoms with Gasteiger partial charge in [0.1, 0.15) is 5.76 Å². The number of likely N-dealkylation sites (N-methyl/N-ethyl adjacent to an activating group) is 1. The summed E-state index contributed by atoms with van der Waals surface area (Å²) in [6.45, 7) is 3.69. The average Bonchev–Trinajstić information content (AvgIpc) is 2.88. The molecule has 0 bridgehead atoms. The molecule has 0 atom stereocenters. The molecule has 1 heterocycles. The zero-order valence-electron chi connectivity index (χ0n) is 14.3. The van der Waals surface area contributed by atoms with E-state index < -0.39 is 0 Å². The predicted molar refractivity (Wildman–Crippen MR) is 99.9 cm³/mol. The molecule has 2 amide bonds. The van der Waals surface area contributed by atoms with E-state index in [2.05, 4.69) is 10.5 Å². The van der Waals surface area contributed by atoms with E-state index in [-0.39, 0.29) is 24.1 Å². The molecule has 0 spiro atoms. The molecule has 0 aliphatic carbocycles. The second-order valence-corrected chi connectivity index (χ2v) is 6.97. The van der Waals surface area contributed by atoms with Gasteiger partial charge >= 0.3 is 0 Å². The highest BCUT2D eigenvalue weighted by atomic mass is 35.5. The first kappa shape index (κ1) is 19.3. The number of rotatable bonds is 7. The van der Waals surface area contributed by atoms with Crippen LogP contribution in [0.4, 0.5) is 5.69 Å². The quantitative estimate of drug-likeness (QED) is 0.796. The highest BCUT2D eigenvalue weighted by molar-refractivity contribution is 7.99. The maximum absolute atomic E-state index is 12.2. The van der Waals surface area contributed by atoms with Crippen LogP contribution in [0.25, 0.3) is 0 Å². The number of hydrogen-bond donors (Lipinski definition) is 1. The smallest absolute Gasteiger partial charge is 0.244 e. The molecule has 0 fully saturated rings. The fourth-order valence-corrected chi connectivity index (χ4v) is 3.41. The van der Waals surface area contributed by atoms with Crippen molar-refractivity contribution in [3.8, 4) is 0 Å². The number of aromatic nitrogens is 1. The molecule has 6 nitrogen and oxygen atoms in total. The Hall–Kier alpha value is -1.99. The minimum atomic E-state index is -0.292. The molecule has 134 valence electrons. The van der Waals surface area contributed by atoms with Gasteiger partial charge in [-0.2, -0.15) is 0 Å². The highest BCUT2D eigenvalue weighted by Gasteiger charge is 2.15. The third-order valence-electron chi connectivity index (χ3n) is 3.61. The Morgan fingerprint density at radius 2 is 2.04 bits per heavy atom. The lowest BCUT2D eigenvalue weighted by Gasteiger charge is -2.17.